The molecule has 0 aliphatic heterocycles. The van der Waals surface area contributed by atoms with Crippen LogP contribution in [0.4, 0.5) is 17.6 Å². The second-order valence-electron chi connectivity index (χ2n) is 2.51. The summed E-state index contributed by atoms with van der Waals surface area (Å²) in [5, 5.41) is 0. The fourth-order valence-corrected chi connectivity index (χ4v) is 0.574. The molecule has 0 rings (SSSR count). The molecule has 0 radical (unpaired) electrons. The molecule has 0 saturated carbocycles. The Hall–Kier alpha value is -0.580. The molecule has 0 saturated heterocycles. The molecule has 0 aliphatic carbocycles. The first kappa shape index (κ1) is 11.4. The SMILES string of the molecule is C=CC(F)(OC(C)C)C(F)(F)F. The van der Waals surface area contributed by atoms with E-state index in [0.717, 1.165) is 0 Å². The summed E-state index contributed by atoms with van der Waals surface area (Å²) in [5.74, 6) is -3.73. The van der Waals surface area contributed by atoms with Gasteiger partial charge < -0.3 is 4.74 Å². The first-order valence-corrected chi connectivity index (χ1v) is 3.30. The third-order valence-electron chi connectivity index (χ3n) is 1.06. The van der Waals surface area contributed by atoms with E-state index < -0.39 is 18.1 Å². The molecule has 1 unspecified atom stereocenters. The highest BCUT2D eigenvalue weighted by Crippen LogP contribution is 2.36. The first-order chi connectivity index (χ1) is 5.23. The van der Waals surface area contributed by atoms with E-state index in [9.17, 15) is 17.6 Å². The van der Waals surface area contributed by atoms with Crippen molar-refractivity contribution in [1.29, 1.82) is 0 Å². The molecular formula is C7H10F4O. The number of ether oxygens (including phenoxy) is 1. The number of halogens is 4. The zero-order chi connectivity index (χ0) is 9.99. The van der Waals surface area contributed by atoms with Gasteiger partial charge in [-0.25, -0.2) is 0 Å². The number of alkyl halides is 4. The van der Waals surface area contributed by atoms with Gasteiger partial charge in [0.05, 0.1) is 6.10 Å². The fourth-order valence-electron chi connectivity index (χ4n) is 0.574. The van der Waals surface area contributed by atoms with E-state index in [1.807, 2.05) is 0 Å². The normalized spacial score (nSPS) is 17.6. The lowest BCUT2D eigenvalue weighted by Gasteiger charge is -2.26. The van der Waals surface area contributed by atoms with Crippen molar-refractivity contribution in [3.63, 3.8) is 0 Å². The minimum absolute atomic E-state index is 0.104. The van der Waals surface area contributed by atoms with Crippen molar-refractivity contribution in [2.75, 3.05) is 0 Å². The number of hydrogen-bond donors (Lipinski definition) is 0. The van der Waals surface area contributed by atoms with Gasteiger partial charge in [-0.05, 0) is 19.9 Å². The summed E-state index contributed by atoms with van der Waals surface area (Å²) >= 11 is 0. The predicted molar refractivity (Wildman–Crippen MR) is 36.3 cm³/mol. The molecule has 0 spiro atoms. The van der Waals surface area contributed by atoms with Crippen molar-refractivity contribution in [2.24, 2.45) is 0 Å². The van der Waals surface area contributed by atoms with E-state index in [1.54, 1.807) is 0 Å². The molecule has 1 atom stereocenters. The molecule has 0 N–H and O–H groups in total. The Labute approximate surface area is 68.0 Å². The highest BCUT2D eigenvalue weighted by molar-refractivity contribution is 4.94. The summed E-state index contributed by atoms with van der Waals surface area (Å²) in [6, 6.07) is 0. The van der Waals surface area contributed by atoms with Gasteiger partial charge in [-0.2, -0.15) is 17.6 Å². The minimum Gasteiger partial charge on any atom is -0.333 e. The third kappa shape index (κ3) is 2.48. The molecule has 5 heteroatoms. The van der Waals surface area contributed by atoms with Crippen LogP contribution in [0.3, 0.4) is 0 Å². The van der Waals surface area contributed by atoms with Crippen LogP contribution in [0.1, 0.15) is 13.8 Å². The summed E-state index contributed by atoms with van der Waals surface area (Å²) in [5.41, 5.74) is 0. The van der Waals surface area contributed by atoms with Crippen LogP contribution in [0.15, 0.2) is 12.7 Å². The van der Waals surface area contributed by atoms with E-state index in [0.29, 0.717) is 0 Å². The van der Waals surface area contributed by atoms with Gasteiger partial charge in [0.1, 0.15) is 0 Å². The summed E-state index contributed by atoms with van der Waals surface area (Å²) in [7, 11) is 0. The fraction of sp³-hybridized carbons (Fsp3) is 0.714. The second kappa shape index (κ2) is 3.43. The Bertz CT molecular complexity index is 163. The van der Waals surface area contributed by atoms with E-state index in [4.69, 9.17) is 0 Å². The third-order valence-corrected chi connectivity index (χ3v) is 1.06. The number of hydrogen-bond acceptors (Lipinski definition) is 1. The summed E-state index contributed by atoms with van der Waals surface area (Å²) in [4.78, 5) is 0. The molecule has 72 valence electrons. The molecular weight excluding hydrogens is 176 g/mol. The van der Waals surface area contributed by atoms with Crippen molar-refractivity contribution in [2.45, 2.75) is 32.0 Å². The molecule has 0 heterocycles. The van der Waals surface area contributed by atoms with E-state index in [-0.39, 0.29) is 6.08 Å². The molecule has 0 amide bonds. The zero-order valence-corrected chi connectivity index (χ0v) is 6.78. The summed E-state index contributed by atoms with van der Waals surface area (Å²) < 4.78 is 52.5. The Balaban J connectivity index is 4.57. The topological polar surface area (TPSA) is 9.23 Å². The smallest absolute Gasteiger partial charge is 0.333 e. The van der Waals surface area contributed by atoms with E-state index in [2.05, 4.69) is 11.3 Å². The lowest BCUT2D eigenvalue weighted by atomic mass is 10.3. The maximum atomic E-state index is 12.8. The van der Waals surface area contributed by atoms with Crippen LogP contribution in [0.25, 0.3) is 0 Å². The highest BCUT2D eigenvalue weighted by atomic mass is 19.4. The standard InChI is InChI=1S/C7H10F4O/c1-4-6(8,7(9,10)11)12-5(2)3/h4-5H,1H2,2-3H3. The molecule has 0 bridgehead atoms. The van der Waals surface area contributed by atoms with Crippen LogP contribution in [0, 0.1) is 0 Å². The molecule has 12 heavy (non-hydrogen) atoms. The maximum Gasteiger partial charge on any atom is 0.452 e. The molecule has 1 nitrogen and oxygen atoms in total. The van der Waals surface area contributed by atoms with Crippen LogP contribution in [-0.2, 0) is 4.74 Å². The lowest BCUT2D eigenvalue weighted by Crippen LogP contribution is -2.43. The van der Waals surface area contributed by atoms with E-state index >= 15 is 0 Å². The van der Waals surface area contributed by atoms with Crippen LogP contribution in [0.2, 0.25) is 0 Å². The Kier molecular flexibility index (Phi) is 3.26. The first-order valence-electron chi connectivity index (χ1n) is 3.30. The van der Waals surface area contributed by atoms with Crippen LogP contribution in [-0.4, -0.2) is 18.1 Å². The van der Waals surface area contributed by atoms with Crippen molar-refractivity contribution < 1.29 is 22.3 Å². The monoisotopic (exact) mass is 186 g/mol. The molecule has 0 fully saturated rings. The van der Waals surface area contributed by atoms with Gasteiger partial charge in [0.15, 0.2) is 0 Å². The predicted octanol–water partition coefficient (Wildman–Crippen LogP) is 2.83. The maximum absolute atomic E-state index is 12.8. The van der Waals surface area contributed by atoms with E-state index in [1.165, 1.54) is 13.8 Å². The van der Waals surface area contributed by atoms with Gasteiger partial charge in [0, 0.05) is 0 Å². The van der Waals surface area contributed by atoms with Crippen LogP contribution >= 0.6 is 0 Å². The number of rotatable bonds is 3. The largest absolute Gasteiger partial charge is 0.452 e. The Morgan fingerprint density at radius 3 is 1.75 bits per heavy atom. The van der Waals surface area contributed by atoms with Gasteiger partial charge in [0.25, 0.3) is 0 Å². The lowest BCUT2D eigenvalue weighted by molar-refractivity contribution is -0.318. The van der Waals surface area contributed by atoms with Gasteiger partial charge in [0.2, 0.25) is 0 Å². The van der Waals surface area contributed by atoms with Gasteiger partial charge in [-0.15, -0.1) is 0 Å². The molecule has 0 aromatic carbocycles. The molecule has 0 aromatic heterocycles. The average Bonchev–Trinajstić information content (AvgIpc) is 1.83. The van der Waals surface area contributed by atoms with Gasteiger partial charge in [-0.1, -0.05) is 6.58 Å². The molecule has 0 aliphatic rings. The average molecular weight is 186 g/mol. The quantitative estimate of drug-likeness (QED) is 0.486. The summed E-state index contributed by atoms with van der Waals surface area (Å²) in [6.07, 6.45) is -5.82. The zero-order valence-electron chi connectivity index (χ0n) is 6.78. The van der Waals surface area contributed by atoms with Crippen molar-refractivity contribution in [3.05, 3.63) is 12.7 Å². The van der Waals surface area contributed by atoms with Crippen molar-refractivity contribution >= 4 is 0 Å². The Morgan fingerprint density at radius 1 is 1.25 bits per heavy atom. The molecule has 0 aromatic rings. The van der Waals surface area contributed by atoms with Gasteiger partial charge >= 0.3 is 12.0 Å². The second-order valence-corrected chi connectivity index (χ2v) is 2.51. The van der Waals surface area contributed by atoms with Crippen LogP contribution < -0.4 is 0 Å². The summed E-state index contributed by atoms with van der Waals surface area (Å²) in [6.45, 7) is 5.35. The van der Waals surface area contributed by atoms with Crippen LogP contribution in [0.5, 0.6) is 0 Å². The van der Waals surface area contributed by atoms with Crippen molar-refractivity contribution in [1.82, 2.24) is 0 Å². The highest BCUT2D eigenvalue weighted by Gasteiger charge is 2.55. The Morgan fingerprint density at radius 2 is 1.67 bits per heavy atom. The minimum atomic E-state index is -5.07. The van der Waals surface area contributed by atoms with Crippen molar-refractivity contribution in [3.8, 4) is 0 Å². The van der Waals surface area contributed by atoms with Gasteiger partial charge in [-0.3, -0.25) is 0 Å².